The first kappa shape index (κ1) is 25.0. The van der Waals surface area contributed by atoms with Crippen LogP contribution in [0.15, 0.2) is 42.7 Å². The Kier molecular flexibility index (Phi) is 9.05. The number of aromatic nitrogens is 2. The Balaban J connectivity index is 1.71. The van der Waals surface area contributed by atoms with E-state index in [1.807, 2.05) is 0 Å². The smallest absolute Gasteiger partial charge is 0.420 e. The molecule has 0 spiro atoms. The van der Waals surface area contributed by atoms with Crippen LogP contribution in [0.2, 0.25) is 0 Å². The Morgan fingerprint density at radius 3 is 2.55 bits per heavy atom. The zero-order valence-electron chi connectivity index (χ0n) is 18.4. The van der Waals surface area contributed by atoms with Crippen LogP contribution >= 0.6 is 11.3 Å². The molecule has 2 heterocycles. The Morgan fingerprint density at radius 1 is 1.06 bits per heavy atom. The average molecular weight is 482 g/mol. The summed E-state index contributed by atoms with van der Waals surface area (Å²) >= 11 is 1.05. The lowest BCUT2D eigenvalue weighted by Gasteiger charge is -2.15. The third-order valence-corrected chi connectivity index (χ3v) is 5.98. The van der Waals surface area contributed by atoms with Gasteiger partial charge in [0.2, 0.25) is 0 Å². The molecule has 0 fully saturated rings. The largest absolute Gasteiger partial charge is 0.493 e. The molecule has 4 nitrogen and oxygen atoms in total. The summed E-state index contributed by atoms with van der Waals surface area (Å²) in [7, 11) is 0. The van der Waals surface area contributed by atoms with E-state index >= 15 is 0 Å². The van der Waals surface area contributed by atoms with Crippen LogP contribution in [0.1, 0.15) is 55.9 Å². The summed E-state index contributed by atoms with van der Waals surface area (Å²) in [4.78, 5) is 8.75. The molecule has 0 saturated heterocycles. The second kappa shape index (κ2) is 12.0. The number of thiazole rings is 1. The van der Waals surface area contributed by atoms with Gasteiger partial charge in [-0.25, -0.2) is 9.37 Å². The molecule has 3 aromatic rings. The Hall–Kier alpha value is -2.68. The first-order chi connectivity index (χ1) is 15.9. The van der Waals surface area contributed by atoms with E-state index in [0.717, 1.165) is 43.1 Å². The standard InChI is InChI=1S/C24H27F4N3OS/c1-2-3-4-5-6-7-13-32-20-11-10-18(14-19(20)24(26,27)28)30-23-31-22(21(15-25)33-23)17-9-8-12-29-16-17/h8-12,14,16H,2-7,13,15H2,1H3,(H,30,31). The van der Waals surface area contributed by atoms with Gasteiger partial charge in [-0.2, -0.15) is 13.2 Å². The number of unbranched alkanes of at least 4 members (excludes halogenated alkanes) is 5. The van der Waals surface area contributed by atoms with Gasteiger partial charge in [-0.1, -0.05) is 50.4 Å². The Morgan fingerprint density at radius 2 is 1.85 bits per heavy atom. The maximum absolute atomic E-state index is 13.6. The molecule has 0 saturated carbocycles. The fraction of sp³-hybridized carbons (Fsp3) is 0.417. The number of hydrogen-bond acceptors (Lipinski definition) is 5. The van der Waals surface area contributed by atoms with Crippen LogP contribution in [0, 0.1) is 0 Å². The van der Waals surface area contributed by atoms with Crippen LogP contribution in [-0.4, -0.2) is 16.6 Å². The highest BCUT2D eigenvalue weighted by Gasteiger charge is 2.35. The lowest BCUT2D eigenvalue weighted by molar-refractivity contribution is -0.138. The quantitative estimate of drug-likeness (QED) is 0.209. The van der Waals surface area contributed by atoms with Crippen molar-refractivity contribution in [3.8, 4) is 17.0 Å². The van der Waals surface area contributed by atoms with Gasteiger partial charge in [0, 0.05) is 23.6 Å². The average Bonchev–Trinajstić information content (AvgIpc) is 3.22. The second-order valence-electron chi connectivity index (χ2n) is 7.62. The van der Waals surface area contributed by atoms with Crippen molar-refractivity contribution in [1.29, 1.82) is 0 Å². The lowest BCUT2D eigenvalue weighted by atomic mass is 10.1. The van der Waals surface area contributed by atoms with Crippen molar-refractivity contribution in [2.24, 2.45) is 0 Å². The summed E-state index contributed by atoms with van der Waals surface area (Å²) in [6, 6.07) is 7.28. The molecule has 0 unspecified atom stereocenters. The van der Waals surface area contributed by atoms with E-state index in [4.69, 9.17) is 4.74 Å². The van der Waals surface area contributed by atoms with Gasteiger partial charge in [0.15, 0.2) is 5.13 Å². The first-order valence-electron chi connectivity index (χ1n) is 11.0. The highest BCUT2D eigenvalue weighted by Crippen LogP contribution is 2.39. The van der Waals surface area contributed by atoms with Gasteiger partial charge in [-0.3, -0.25) is 4.98 Å². The number of nitrogens with zero attached hydrogens (tertiary/aromatic N) is 2. The van der Waals surface area contributed by atoms with Gasteiger partial charge in [0.05, 0.1) is 22.7 Å². The van der Waals surface area contributed by atoms with Crippen LogP contribution in [-0.2, 0) is 12.9 Å². The molecule has 1 aromatic carbocycles. The summed E-state index contributed by atoms with van der Waals surface area (Å²) in [5, 5.41) is 3.17. The second-order valence-corrected chi connectivity index (χ2v) is 8.70. The van der Waals surface area contributed by atoms with Crippen LogP contribution in [0.5, 0.6) is 5.75 Å². The van der Waals surface area contributed by atoms with E-state index in [1.165, 1.54) is 18.6 Å². The van der Waals surface area contributed by atoms with Gasteiger partial charge in [-0.05, 0) is 36.8 Å². The summed E-state index contributed by atoms with van der Waals surface area (Å²) in [6.07, 6.45) is 4.74. The highest BCUT2D eigenvalue weighted by atomic mass is 32.1. The molecule has 0 aliphatic carbocycles. The van der Waals surface area contributed by atoms with E-state index in [2.05, 4.69) is 22.2 Å². The Labute approximate surface area is 195 Å². The summed E-state index contributed by atoms with van der Waals surface area (Å²) in [6.45, 7) is 1.64. The molecule has 33 heavy (non-hydrogen) atoms. The molecule has 9 heteroatoms. The van der Waals surface area contributed by atoms with Gasteiger partial charge in [0.25, 0.3) is 0 Å². The molecule has 1 N–H and O–H groups in total. The van der Waals surface area contributed by atoms with Gasteiger partial charge >= 0.3 is 6.18 Å². The molecular formula is C24H27F4N3OS. The summed E-state index contributed by atoms with van der Waals surface area (Å²) < 4.78 is 59.9. The normalized spacial score (nSPS) is 11.5. The number of pyridine rings is 1. The van der Waals surface area contributed by atoms with E-state index in [1.54, 1.807) is 24.5 Å². The number of benzene rings is 1. The number of rotatable bonds is 12. The van der Waals surface area contributed by atoms with Gasteiger partial charge in [0.1, 0.15) is 12.4 Å². The minimum atomic E-state index is -4.57. The van der Waals surface area contributed by atoms with Crippen molar-refractivity contribution in [3.05, 3.63) is 53.2 Å². The highest BCUT2D eigenvalue weighted by molar-refractivity contribution is 7.16. The maximum Gasteiger partial charge on any atom is 0.420 e. The topological polar surface area (TPSA) is 47.0 Å². The van der Waals surface area contributed by atoms with Gasteiger partial charge < -0.3 is 10.1 Å². The van der Waals surface area contributed by atoms with Crippen LogP contribution in [0.4, 0.5) is 28.4 Å². The van der Waals surface area contributed by atoms with Crippen LogP contribution in [0.3, 0.4) is 0 Å². The van der Waals surface area contributed by atoms with Crippen molar-refractivity contribution in [2.45, 2.75) is 58.3 Å². The SMILES string of the molecule is CCCCCCCCOc1ccc(Nc2nc(-c3cccnc3)c(CF)s2)cc1C(F)(F)F. The van der Waals surface area contributed by atoms with Crippen LogP contribution in [0.25, 0.3) is 11.3 Å². The van der Waals surface area contributed by atoms with Gasteiger partial charge in [-0.15, -0.1) is 0 Å². The minimum absolute atomic E-state index is 0.193. The summed E-state index contributed by atoms with van der Waals surface area (Å²) in [5.74, 6) is -0.193. The zero-order chi connectivity index (χ0) is 23.7. The van der Waals surface area contributed by atoms with Crippen molar-refractivity contribution in [2.75, 3.05) is 11.9 Å². The zero-order valence-corrected chi connectivity index (χ0v) is 19.2. The predicted octanol–water partition coefficient (Wildman–Crippen LogP) is 8.18. The van der Waals surface area contributed by atoms with E-state index < -0.39 is 18.4 Å². The van der Waals surface area contributed by atoms with Crippen molar-refractivity contribution >= 4 is 22.2 Å². The molecule has 0 bridgehead atoms. The lowest BCUT2D eigenvalue weighted by Crippen LogP contribution is -2.10. The van der Waals surface area contributed by atoms with Crippen molar-refractivity contribution in [3.63, 3.8) is 0 Å². The molecular weight excluding hydrogens is 454 g/mol. The molecule has 178 valence electrons. The third-order valence-electron chi connectivity index (χ3n) is 5.05. The molecule has 0 radical (unpaired) electrons. The fourth-order valence-corrected chi connectivity index (χ4v) is 4.22. The Bertz CT molecular complexity index is 1010. The third kappa shape index (κ3) is 7.15. The number of ether oxygens (including phenoxy) is 1. The number of anilines is 2. The predicted molar refractivity (Wildman–Crippen MR) is 124 cm³/mol. The maximum atomic E-state index is 13.6. The summed E-state index contributed by atoms with van der Waals surface area (Å²) in [5.41, 5.74) is 0.413. The number of halogens is 4. The number of alkyl halides is 4. The van der Waals surface area contributed by atoms with E-state index in [0.29, 0.717) is 27.7 Å². The molecule has 0 amide bonds. The van der Waals surface area contributed by atoms with Crippen LogP contribution < -0.4 is 10.1 Å². The van der Waals surface area contributed by atoms with E-state index in [9.17, 15) is 17.6 Å². The van der Waals surface area contributed by atoms with Crippen molar-refractivity contribution in [1.82, 2.24) is 9.97 Å². The monoisotopic (exact) mass is 481 g/mol. The fourth-order valence-electron chi connectivity index (χ4n) is 3.37. The minimum Gasteiger partial charge on any atom is -0.493 e. The number of nitrogens with one attached hydrogen (secondary N) is 1. The molecule has 0 atom stereocenters. The molecule has 0 aliphatic rings. The number of hydrogen-bond donors (Lipinski definition) is 1. The molecule has 3 rings (SSSR count). The molecule has 0 aliphatic heterocycles. The van der Waals surface area contributed by atoms with Crippen molar-refractivity contribution < 1.29 is 22.3 Å². The first-order valence-corrected chi connectivity index (χ1v) is 11.8. The van der Waals surface area contributed by atoms with E-state index in [-0.39, 0.29) is 18.0 Å². The molecule has 2 aromatic heterocycles.